The number of nitrogens with zero attached hydrogens (tertiary/aromatic N) is 1. The second kappa shape index (κ2) is 5.52. The summed E-state index contributed by atoms with van der Waals surface area (Å²) in [7, 11) is 0. The van der Waals surface area contributed by atoms with Crippen molar-refractivity contribution < 1.29 is 4.92 Å². The van der Waals surface area contributed by atoms with Gasteiger partial charge in [-0.15, -0.1) is 0 Å². The van der Waals surface area contributed by atoms with Gasteiger partial charge in [-0.1, -0.05) is 20.3 Å². The molecule has 17 heavy (non-hydrogen) atoms. The number of nitrogen functional groups attached to an aromatic ring is 1. The van der Waals surface area contributed by atoms with Crippen LogP contribution in [0.4, 0.5) is 17.1 Å². The van der Waals surface area contributed by atoms with Crippen molar-refractivity contribution in [2.45, 2.75) is 33.2 Å². The molecule has 0 aliphatic rings. The molecule has 0 aliphatic carbocycles. The molecule has 0 radical (unpaired) electrons. The first-order valence-electron chi connectivity index (χ1n) is 5.75. The van der Waals surface area contributed by atoms with Crippen molar-refractivity contribution in [3.63, 3.8) is 0 Å². The van der Waals surface area contributed by atoms with E-state index in [1.807, 2.05) is 0 Å². The highest BCUT2D eigenvalue weighted by Crippen LogP contribution is 2.24. The van der Waals surface area contributed by atoms with Crippen molar-refractivity contribution >= 4 is 17.1 Å². The molecule has 0 amide bonds. The third kappa shape index (κ3) is 3.62. The quantitative estimate of drug-likeness (QED) is 0.468. The van der Waals surface area contributed by atoms with E-state index in [1.54, 1.807) is 6.07 Å². The minimum atomic E-state index is -0.435. The van der Waals surface area contributed by atoms with E-state index in [9.17, 15) is 10.1 Å². The Morgan fingerprint density at radius 2 is 2.06 bits per heavy atom. The topological polar surface area (TPSA) is 81.2 Å². The van der Waals surface area contributed by atoms with E-state index >= 15 is 0 Å². The van der Waals surface area contributed by atoms with Crippen molar-refractivity contribution in [2.24, 2.45) is 5.92 Å². The summed E-state index contributed by atoms with van der Waals surface area (Å²) in [5.74, 6) is 0.496. The monoisotopic (exact) mass is 237 g/mol. The molecule has 0 spiro atoms. The Hall–Kier alpha value is -1.78. The lowest BCUT2D eigenvalue weighted by Crippen LogP contribution is -2.23. The number of nitrogens with two attached hydrogens (primary N) is 1. The lowest BCUT2D eigenvalue weighted by Gasteiger charge is -2.21. The molecular weight excluding hydrogens is 218 g/mol. The van der Waals surface area contributed by atoms with Gasteiger partial charge in [0, 0.05) is 29.5 Å². The van der Waals surface area contributed by atoms with E-state index in [1.165, 1.54) is 12.1 Å². The first-order valence-corrected chi connectivity index (χ1v) is 5.75. The number of rotatable bonds is 5. The third-order valence-corrected chi connectivity index (χ3v) is 3.04. The van der Waals surface area contributed by atoms with E-state index in [2.05, 4.69) is 26.1 Å². The lowest BCUT2D eigenvalue weighted by atomic mass is 10.0. The van der Waals surface area contributed by atoms with Crippen molar-refractivity contribution in [1.29, 1.82) is 0 Å². The summed E-state index contributed by atoms with van der Waals surface area (Å²) in [5, 5.41) is 13.9. The zero-order valence-corrected chi connectivity index (χ0v) is 10.4. The number of nitro benzene ring substituents is 1. The number of nitro groups is 1. The molecule has 0 saturated carbocycles. The molecule has 3 N–H and O–H groups in total. The van der Waals surface area contributed by atoms with Crippen LogP contribution in [-0.4, -0.2) is 11.0 Å². The summed E-state index contributed by atoms with van der Waals surface area (Å²) in [6.07, 6.45) is 1.05. The molecule has 0 aromatic heterocycles. The minimum Gasteiger partial charge on any atom is -0.398 e. The van der Waals surface area contributed by atoms with E-state index in [4.69, 9.17) is 5.73 Å². The Labute approximate surface area is 101 Å². The molecule has 0 aliphatic heterocycles. The first kappa shape index (κ1) is 13.3. The smallest absolute Gasteiger partial charge is 0.273 e. The SMILES string of the molecule is CCC(C)C(C)Nc1cc(N)cc([N+](=O)[O-])c1. The van der Waals surface area contributed by atoms with Gasteiger partial charge in [-0.3, -0.25) is 10.1 Å². The first-order chi connectivity index (χ1) is 7.93. The van der Waals surface area contributed by atoms with Crippen LogP contribution >= 0.6 is 0 Å². The molecule has 0 saturated heterocycles. The number of non-ortho nitro benzene ring substituents is 1. The fourth-order valence-electron chi connectivity index (χ4n) is 1.58. The van der Waals surface area contributed by atoms with Gasteiger partial charge >= 0.3 is 0 Å². The number of anilines is 2. The predicted octanol–water partition coefficient (Wildman–Crippen LogP) is 3.02. The zero-order chi connectivity index (χ0) is 13.0. The van der Waals surface area contributed by atoms with Crippen LogP contribution in [-0.2, 0) is 0 Å². The highest BCUT2D eigenvalue weighted by atomic mass is 16.6. The molecule has 0 bridgehead atoms. The van der Waals surface area contributed by atoms with Crippen LogP contribution in [0.2, 0.25) is 0 Å². The second-order valence-electron chi connectivity index (χ2n) is 4.39. The molecule has 1 rings (SSSR count). The molecule has 5 heteroatoms. The van der Waals surface area contributed by atoms with Gasteiger partial charge in [0.25, 0.3) is 5.69 Å². The van der Waals surface area contributed by atoms with Gasteiger partial charge in [0.1, 0.15) is 0 Å². The predicted molar refractivity (Wildman–Crippen MR) is 70.0 cm³/mol. The maximum Gasteiger partial charge on any atom is 0.273 e. The summed E-state index contributed by atoms with van der Waals surface area (Å²) in [6.45, 7) is 6.31. The molecule has 1 aromatic rings. The van der Waals surface area contributed by atoms with Crippen LogP contribution < -0.4 is 11.1 Å². The van der Waals surface area contributed by atoms with Crippen LogP contribution in [0.3, 0.4) is 0 Å². The highest BCUT2D eigenvalue weighted by molar-refractivity contribution is 5.61. The molecular formula is C12H19N3O2. The molecule has 5 nitrogen and oxygen atoms in total. The highest BCUT2D eigenvalue weighted by Gasteiger charge is 2.13. The fraction of sp³-hybridized carbons (Fsp3) is 0.500. The van der Waals surface area contributed by atoms with E-state index in [0.29, 0.717) is 17.3 Å². The molecule has 1 aromatic carbocycles. The second-order valence-corrected chi connectivity index (χ2v) is 4.39. The van der Waals surface area contributed by atoms with Crippen molar-refractivity contribution in [3.05, 3.63) is 28.3 Å². The summed E-state index contributed by atoms with van der Waals surface area (Å²) in [5.41, 5.74) is 6.75. The summed E-state index contributed by atoms with van der Waals surface area (Å²) >= 11 is 0. The van der Waals surface area contributed by atoms with Crippen molar-refractivity contribution in [3.8, 4) is 0 Å². The zero-order valence-electron chi connectivity index (χ0n) is 10.4. The van der Waals surface area contributed by atoms with Crippen LogP contribution in [0.15, 0.2) is 18.2 Å². The van der Waals surface area contributed by atoms with E-state index in [0.717, 1.165) is 6.42 Å². The Morgan fingerprint density at radius 3 is 2.59 bits per heavy atom. The maximum absolute atomic E-state index is 10.7. The van der Waals surface area contributed by atoms with Crippen LogP contribution in [0.5, 0.6) is 0 Å². The van der Waals surface area contributed by atoms with Crippen molar-refractivity contribution in [1.82, 2.24) is 0 Å². The third-order valence-electron chi connectivity index (χ3n) is 3.04. The normalized spacial score (nSPS) is 14.1. The van der Waals surface area contributed by atoms with Gasteiger partial charge in [-0.05, 0) is 18.9 Å². The Kier molecular flexibility index (Phi) is 4.31. The molecule has 0 fully saturated rings. The van der Waals surface area contributed by atoms with Gasteiger partial charge in [0.05, 0.1) is 4.92 Å². The number of benzene rings is 1. The van der Waals surface area contributed by atoms with Crippen molar-refractivity contribution in [2.75, 3.05) is 11.1 Å². The van der Waals surface area contributed by atoms with Crippen LogP contribution in [0.1, 0.15) is 27.2 Å². The Bertz CT molecular complexity index is 407. The van der Waals surface area contributed by atoms with Crippen LogP contribution in [0, 0.1) is 16.0 Å². The van der Waals surface area contributed by atoms with Gasteiger partial charge in [-0.2, -0.15) is 0 Å². The average molecular weight is 237 g/mol. The number of hydrogen-bond donors (Lipinski definition) is 2. The largest absolute Gasteiger partial charge is 0.398 e. The van der Waals surface area contributed by atoms with Gasteiger partial charge in [0.2, 0.25) is 0 Å². The van der Waals surface area contributed by atoms with Crippen LogP contribution in [0.25, 0.3) is 0 Å². The summed E-state index contributed by atoms with van der Waals surface area (Å²) in [6, 6.07) is 4.83. The Morgan fingerprint density at radius 1 is 1.41 bits per heavy atom. The van der Waals surface area contributed by atoms with Gasteiger partial charge in [0.15, 0.2) is 0 Å². The van der Waals surface area contributed by atoms with E-state index < -0.39 is 4.92 Å². The molecule has 94 valence electrons. The molecule has 0 heterocycles. The lowest BCUT2D eigenvalue weighted by molar-refractivity contribution is -0.384. The van der Waals surface area contributed by atoms with E-state index in [-0.39, 0.29) is 11.7 Å². The number of nitrogens with one attached hydrogen (secondary N) is 1. The summed E-state index contributed by atoms with van der Waals surface area (Å²) in [4.78, 5) is 10.3. The Balaban J connectivity index is 2.87. The minimum absolute atomic E-state index is 0.0175. The summed E-state index contributed by atoms with van der Waals surface area (Å²) < 4.78 is 0. The number of hydrogen-bond acceptors (Lipinski definition) is 4. The molecule has 2 unspecified atom stereocenters. The fourth-order valence-corrected chi connectivity index (χ4v) is 1.58. The molecule has 2 atom stereocenters. The maximum atomic E-state index is 10.7. The average Bonchev–Trinajstić information content (AvgIpc) is 2.26. The standard InChI is InChI=1S/C12H19N3O2/c1-4-8(2)9(3)14-11-5-10(13)6-12(7-11)15(16)17/h5-9,14H,4,13H2,1-3H3. The van der Waals surface area contributed by atoms with Gasteiger partial charge in [-0.25, -0.2) is 0 Å². The van der Waals surface area contributed by atoms with Gasteiger partial charge < -0.3 is 11.1 Å².